The van der Waals surface area contributed by atoms with E-state index in [1.165, 1.54) is 6.42 Å². The Morgan fingerprint density at radius 1 is 1.26 bits per heavy atom. The Hall–Kier alpha value is -1.24. The Balaban J connectivity index is 1.64. The topological polar surface area (TPSA) is 67.5 Å². The molecule has 19 heavy (non-hydrogen) atoms. The van der Waals surface area contributed by atoms with Gasteiger partial charge < -0.3 is 15.4 Å². The summed E-state index contributed by atoms with van der Waals surface area (Å²) in [6, 6.07) is 0.618. The number of ether oxygens (including phenoxy) is 1. The number of nitrogens with zero attached hydrogens (tertiary/aromatic N) is 4. The molecule has 2 aliphatic heterocycles. The van der Waals surface area contributed by atoms with Crippen molar-refractivity contribution in [2.24, 2.45) is 5.73 Å². The molecule has 2 fully saturated rings. The van der Waals surface area contributed by atoms with Crippen LogP contribution < -0.4 is 10.6 Å². The van der Waals surface area contributed by atoms with E-state index >= 15 is 0 Å². The second-order valence-electron chi connectivity index (χ2n) is 5.11. The zero-order valence-electron chi connectivity index (χ0n) is 11.2. The fourth-order valence-corrected chi connectivity index (χ4v) is 2.84. The van der Waals surface area contributed by atoms with Crippen molar-refractivity contribution in [1.29, 1.82) is 0 Å². The fourth-order valence-electron chi connectivity index (χ4n) is 2.84. The summed E-state index contributed by atoms with van der Waals surface area (Å²) in [5.74, 6) is 0.957. The molecule has 0 saturated carbocycles. The predicted molar refractivity (Wildman–Crippen MR) is 72.9 cm³/mol. The van der Waals surface area contributed by atoms with E-state index < -0.39 is 0 Å². The van der Waals surface area contributed by atoms with Crippen LogP contribution in [0.25, 0.3) is 0 Å². The first-order valence-electron chi connectivity index (χ1n) is 6.94. The van der Waals surface area contributed by atoms with Crippen molar-refractivity contribution >= 4 is 5.82 Å². The molecule has 104 valence electrons. The van der Waals surface area contributed by atoms with E-state index in [1.54, 1.807) is 6.20 Å². The zero-order valence-corrected chi connectivity index (χ0v) is 11.2. The van der Waals surface area contributed by atoms with Crippen LogP contribution in [0.1, 0.15) is 12.1 Å². The third kappa shape index (κ3) is 2.86. The van der Waals surface area contributed by atoms with Gasteiger partial charge in [-0.05, 0) is 6.42 Å². The molecule has 0 aliphatic carbocycles. The minimum absolute atomic E-state index is 0.446. The van der Waals surface area contributed by atoms with Crippen LogP contribution in [-0.2, 0) is 11.3 Å². The Morgan fingerprint density at radius 3 is 2.89 bits per heavy atom. The van der Waals surface area contributed by atoms with Gasteiger partial charge in [-0.25, -0.2) is 4.98 Å². The highest BCUT2D eigenvalue weighted by atomic mass is 16.5. The first kappa shape index (κ1) is 12.8. The molecule has 6 heteroatoms. The molecular formula is C13H21N5O. The van der Waals surface area contributed by atoms with Crippen molar-refractivity contribution < 1.29 is 4.74 Å². The van der Waals surface area contributed by atoms with E-state index in [1.807, 2.05) is 6.20 Å². The Morgan fingerprint density at radius 2 is 2.11 bits per heavy atom. The van der Waals surface area contributed by atoms with E-state index in [-0.39, 0.29) is 0 Å². The average Bonchev–Trinajstić information content (AvgIpc) is 2.98. The van der Waals surface area contributed by atoms with Crippen molar-refractivity contribution in [3.63, 3.8) is 0 Å². The molecule has 2 saturated heterocycles. The van der Waals surface area contributed by atoms with Gasteiger partial charge in [-0.3, -0.25) is 9.88 Å². The van der Waals surface area contributed by atoms with Crippen LogP contribution in [-0.4, -0.2) is 60.3 Å². The van der Waals surface area contributed by atoms with Crippen LogP contribution in [0.3, 0.4) is 0 Å². The maximum Gasteiger partial charge on any atom is 0.147 e. The number of anilines is 1. The van der Waals surface area contributed by atoms with Crippen molar-refractivity contribution in [3.05, 3.63) is 18.1 Å². The molecule has 2 aliphatic rings. The molecule has 1 atom stereocenters. The molecule has 1 unspecified atom stereocenters. The van der Waals surface area contributed by atoms with Gasteiger partial charge in [0.15, 0.2) is 0 Å². The molecule has 0 radical (unpaired) electrons. The van der Waals surface area contributed by atoms with Crippen molar-refractivity contribution in [2.75, 3.05) is 44.3 Å². The second kappa shape index (κ2) is 5.81. The smallest absolute Gasteiger partial charge is 0.147 e. The summed E-state index contributed by atoms with van der Waals surface area (Å²) in [7, 11) is 0. The van der Waals surface area contributed by atoms with Gasteiger partial charge >= 0.3 is 0 Å². The fraction of sp³-hybridized carbons (Fsp3) is 0.692. The van der Waals surface area contributed by atoms with Gasteiger partial charge in [0, 0.05) is 45.0 Å². The Kier molecular flexibility index (Phi) is 3.91. The molecule has 0 aromatic carbocycles. The number of morpholine rings is 1. The molecule has 2 N–H and O–H groups in total. The zero-order chi connectivity index (χ0) is 13.1. The highest BCUT2D eigenvalue weighted by Crippen LogP contribution is 2.21. The first-order chi connectivity index (χ1) is 9.36. The van der Waals surface area contributed by atoms with Crippen molar-refractivity contribution in [3.8, 4) is 0 Å². The van der Waals surface area contributed by atoms with E-state index in [0.717, 1.165) is 50.9 Å². The van der Waals surface area contributed by atoms with Crippen LogP contribution >= 0.6 is 0 Å². The van der Waals surface area contributed by atoms with E-state index in [0.29, 0.717) is 12.6 Å². The van der Waals surface area contributed by atoms with Gasteiger partial charge in [0.05, 0.1) is 25.1 Å². The molecule has 6 nitrogen and oxygen atoms in total. The highest BCUT2D eigenvalue weighted by molar-refractivity contribution is 5.38. The van der Waals surface area contributed by atoms with Gasteiger partial charge in [0.2, 0.25) is 0 Å². The molecule has 3 heterocycles. The number of aromatic nitrogens is 2. The maximum atomic E-state index is 5.62. The van der Waals surface area contributed by atoms with Gasteiger partial charge in [0.1, 0.15) is 5.82 Å². The molecule has 1 aromatic rings. The number of nitrogens with two attached hydrogens (primary N) is 1. The summed E-state index contributed by atoms with van der Waals surface area (Å²) in [5, 5.41) is 0. The normalized spacial score (nSPS) is 24.9. The standard InChI is InChI=1S/C13H21N5O/c14-7-11-8-15-9-13(16-11)18-2-1-12(10-18)17-3-5-19-6-4-17/h8-9,12H,1-7,10,14H2. The van der Waals surface area contributed by atoms with Gasteiger partial charge in [-0.2, -0.15) is 0 Å². The minimum Gasteiger partial charge on any atom is -0.379 e. The second-order valence-corrected chi connectivity index (χ2v) is 5.11. The van der Waals surface area contributed by atoms with E-state index in [9.17, 15) is 0 Å². The lowest BCUT2D eigenvalue weighted by atomic mass is 10.2. The van der Waals surface area contributed by atoms with Gasteiger partial charge in [-0.15, -0.1) is 0 Å². The number of hydrogen-bond acceptors (Lipinski definition) is 6. The molecule has 0 spiro atoms. The molecular weight excluding hydrogens is 242 g/mol. The van der Waals surface area contributed by atoms with Crippen LogP contribution in [0.4, 0.5) is 5.82 Å². The molecule has 3 rings (SSSR count). The lowest BCUT2D eigenvalue weighted by molar-refractivity contribution is 0.0209. The third-order valence-corrected chi connectivity index (χ3v) is 3.93. The SMILES string of the molecule is NCc1cncc(N2CCC(N3CCOCC3)C2)n1. The quantitative estimate of drug-likeness (QED) is 0.818. The van der Waals surface area contributed by atoms with E-state index in [2.05, 4.69) is 19.8 Å². The largest absolute Gasteiger partial charge is 0.379 e. The van der Waals surface area contributed by atoms with E-state index in [4.69, 9.17) is 10.5 Å². The average molecular weight is 263 g/mol. The summed E-state index contributed by atoms with van der Waals surface area (Å²) < 4.78 is 5.41. The predicted octanol–water partition coefficient (Wildman–Crippen LogP) is -0.154. The summed E-state index contributed by atoms with van der Waals surface area (Å²) in [4.78, 5) is 13.6. The molecule has 1 aromatic heterocycles. The first-order valence-corrected chi connectivity index (χ1v) is 6.94. The minimum atomic E-state index is 0.446. The summed E-state index contributed by atoms with van der Waals surface area (Å²) >= 11 is 0. The van der Waals surface area contributed by atoms with Gasteiger partial charge in [0.25, 0.3) is 0 Å². The highest BCUT2D eigenvalue weighted by Gasteiger charge is 2.29. The monoisotopic (exact) mass is 263 g/mol. The van der Waals surface area contributed by atoms with Crippen LogP contribution in [0.2, 0.25) is 0 Å². The summed E-state index contributed by atoms with van der Waals surface area (Å²) in [5.41, 5.74) is 6.47. The maximum absolute atomic E-state index is 5.62. The number of hydrogen-bond donors (Lipinski definition) is 1. The van der Waals surface area contributed by atoms with Gasteiger partial charge in [-0.1, -0.05) is 0 Å². The third-order valence-electron chi connectivity index (χ3n) is 3.93. The number of rotatable bonds is 3. The van der Waals surface area contributed by atoms with Crippen LogP contribution in [0.15, 0.2) is 12.4 Å². The Bertz CT molecular complexity index is 421. The van der Waals surface area contributed by atoms with Crippen molar-refractivity contribution in [2.45, 2.75) is 19.0 Å². The Labute approximate surface area is 113 Å². The van der Waals surface area contributed by atoms with Crippen molar-refractivity contribution in [1.82, 2.24) is 14.9 Å². The lowest BCUT2D eigenvalue weighted by Gasteiger charge is -2.32. The molecule has 0 amide bonds. The molecule has 0 bridgehead atoms. The summed E-state index contributed by atoms with van der Waals surface area (Å²) in [6.07, 6.45) is 4.76. The van der Waals surface area contributed by atoms with Crippen LogP contribution in [0.5, 0.6) is 0 Å². The summed E-state index contributed by atoms with van der Waals surface area (Å²) in [6.45, 7) is 6.34. The van der Waals surface area contributed by atoms with Crippen LogP contribution in [0, 0.1) is 0 Å². The lowest BCUT2D eigenvalue weighted by Crippen LogP contribution is -2.44.